The predicted octanol–water partition coefficient (Wildman–Crippen LogP) is 4.64. The Labute approximate surface area is 111 Å². The highest BCUT2D eigenvalue weighted by molar-refractivity contribution is 9.10. The molecule has 2 rings (SSSR count). The minimum atomic E-state index is 0.608. The molecular weight excluding hydrogens is 276 g/mol. The maximum absolute atomic E-state index is 5.83. The van der Waals surface area contributed by atoms with E-state index in [9.17, 15) is 0 Å². The third-order valence-electron chi connectivity index (χ3n) is 2.77. The van der Waals surface area contributed by atoms with Gasteiger partial charge in [0, 0.05) is 10.0 Å². The fourth-order valence-electron chi connectivity index (χ4n) is 1.69. The Hall–Kier alpha value is -1.28. The first kappa shape index (κ1) is 12.2. The van der Waals surface area contributed by atoms with E-state index in [0.29, 0.717) is 6.61 Å². The first-order valence-electron chi connectivity index (χ1n) is 5.61. The Morgan fingerprint density at radius 2 is 1.71 bits per heavy atom. The number of aryl methyl sites for hydroxylation is 1. The maximum atomic E-state index is 5.83. The highest BCUT2D eigenvalue weighted by atomic mass is 79.9. The lowest BCUT2D eigenvalue weighted by Gasteiger charge is -2.11. The third kappa shape index (κ3) is 2.89. The van der Waals surface area contributed by atoms with E-state index >= 15 is 0 Å². The molecule has 0 spiro atoms. The Bertz CT molecular complexity index is 506. The van der Waals surface area contributed by atoms with E-state index in [2.05, 4.69) is 48.0 Å². The molecule has 0 aliphatic rings. The van der Waals surface area contributed by atoms with Gasteiger partial charge in [0.2, 0.25) is 0 Å². The van der Waals surface area contributed by atoms with Crippen molar-refractivity contribution in [1.82, 2.24) is 0 Å². The lowest BCUT2D eigenvalue weighted by molar-refractivity contribution is 0.304. The molecule has 0 atom stereocenters. The van der Waals surface area contributed by atoms with Gasteiger partial charge in [0.25, 0.3) is 0 Å². The standard InChI is InChI=1S/C15H15BrO/c1-11-8-9-14(12(2)15(11)16)17-10-13-6-4-3-5-7-13/h3-9H,10H2,1-2H3. The van der Waals surface area contributed by atoms with Crippen LogP contribution in [0.15, 0.2) is 46.9 Å². The summed E-state index contributed by atoms with van der Waals surface area (Å²) in [5, 5.41) is 0. The van der Waals surface area contributed by atoms with Gasteiger partial charge in [0.05, 0.1) is 0 Å². The van der Waals surface area contributed by atoms with Crippen LogP contribution in [0.4, 0.5) is 0 Å². The van der Waals surface area contributed by atoms with Gasteiger partial charge in [-0.25, -0.2) is 0 Å². The third-order valence-corrected chi connectivity index (χ3v) is 3.99. The Balaban J connectivity index is 2.13. The Kier molecular flexibility index (Phi) is 3.85. The van der Waals surface area contributed by atoms with Gasteiger partial charge in [-0.1, -0.05) is 52.3 Å². The first-order valence-corrected chi connectivity index (χ1v) is 6.40. The van der Waals surface area contributed by atoms with Gasteiger partial charge in [0.15, 0.2) is 0 Å². The first-order chi connectivity index (χ1) is 8.18. The summed E-state index contributed by atoms with van der Waals surface area (Å²) in [5.41, 5.74) is 3.57. The van der Waals surface area contributed by atoms with E-state index in [1.165, 1.54) is 11.1 Å². The van der Waals surface area contributed by atoms with Crippen molar-refractivity contribution in [3.8, 4) is 5.75 Å². The van der Waals surface area contributed by atoms with Crippen LogP contribution in [0, 0.1) is 13.8 Å². The molecule has 0 saturated carbocycles. The molecule has 0 unspecified atom stereocenters. The number of hydrogen-bond acceptors (Lipinski definition) is 1. The molecule has 0 aliphatic carbocycles. The highest BCUT2D eigenvalue weighted by Crippen LogP contribution is 2.29. The number of halogens is 1. The topological polar surface area (TPSA) is 9.23 Å². The van der Waals surface area contributed by atoms with Crippen LogP contribution in [-0.4, -0.2) is 0 Å². The highest BCUT2D eigenvalue weighted by Gasteiger charge is 2.05. The molecule has 0 bridgehead atoms. The second-order valence-electron chi connectivity index (χ2n) is 4.09. The minimum absolute atomic E-state index is 0.608. The van der Waals surface area contributed by atoms with Crippen molar-refractivity contribution in [3.63, 3.8) is 0 Å². The van der Waals surface area contributed by atoms with Crippen LogP contribution in [0.2, 0.25) is 0 Å². The zero-order valence-electron chi connectivity index (χ0n) is 10.0. The smallest absolute Gasteiger partial charge is 0.123 e. The van der Waals surface area contributed by atoms with E-state index in [1.807, 2.05) is 24.3 Å². The predicted molar refractivity (Wildman–Crippen MR) is 74.4 cm³/mol. The normalized spacial score (nSPS) is 10.3. The average Bonchev–Trinajstić information content (AvgIpc) is 2.36. The number of rotatable bonds is 3. The monoisotopic (exact) mass is 290 g/mol. The lowest BCUT2D eigenvalue weighted by Crippen LogP contribution is -1.97. The van der Waals surface area contributed by atoms with Gasteiger partial charge >= 0.3 is 0 Å². The van der Waals surface area contributed by atoms with Crippen molar-refractivity contribution >= 4 is 15.9 Å². The van der Waals surface area contributed by atoms with Gasteiger partial charge in [0.1, 0.15) is 12.4 Å². The summed E-state index contributed by atoms with van der Waals surface area (Å²) in [4.78, 5) is 0. The van der Waals surface area contributed by atoms with E-state index in [0.717, 1.165) is 15.8 Å². The molecule has 0 aromatic heterocycles. The van der Waals surface area contributed by atoms with Gasteiger partial charge in [-0.05, 0) is 31.0 Å². The summed E-state index contributed by atoms with van der Waals surface area (Å²) >= 11 is 3.58. The van der Waals surface area contributed by atoms with Crippen LogP contribution >= 0.6 is 15.9 Å². The van der Waals surface area contributed by atoms with E-state index in [4.69, 9.17) is 4.74 Å². The molecule has 0 saturated heterocycles. The van der Waals surface area contributed by atoms with Crippen LogP contribution in [0.1, 0.15) is 16.7 Å². The second-order valence-corrected chi connectivity index (χ2v) is 4.89. The summed E-state index contributed by atoms with van der Waals surface area (Å²) in [6.07, 6.45) is 0. The van der Waals surface area contributed by atoms with Crippen LogP contribution in [0.3, 0.4) is 0 Å². The second kappa shape index (κ2) is 5.37. The number of benzene rings is 2. The fourth-order valence-corrected chi connectivity index (χ4v) is 2.02. The maximum Gasteiger partial charge on any atom is 0.123 e. The summed E-state index contributed by atoms with van der Waals surface area (Å²) in [6.45, 7) is 4.76. The zero-order chi connectivity index (χ0) is 12.3. The van der Waals surface area contributed by atoms with Crippen LogP contribution < -0.4 is 4.74 Å². The van der Waals surface area contributed by atoms with Crippen molar-refractivity contribution in [1.29, 1.82) is 0 Å². The molecule has 0 fully saturated rings. The molecule has 2 heteroatoms. The summed E-state index contributed by atoms with van der Waals surface area (Å²) < 4.78 is 6.96. The largest absolute Gasteiger partial charge is 0.489 e. The van der Waals surface area contributed by atoms with Crippen molar-refractivity contribution < 1.29 is 4.74 Å². The molecular formula is C15H15BrO. The van der Waals surface area contributed by atoms with E-state index in [-0.39, 0.29) is 0 Å². The van der Waals surface area contributed by atoms with Gasteiger partial charge in [-0.3, -0.25) is 0 Å². The molecule has 0 radical (unpaired) electrons. The van der Waals surface area contributed by atoms with Gasteiger partial charge in [-0.2, -0.15) is 0 Å². The molecule has 0 N–H and O–H groups in total. The van der Waals surface area contributed by atoms with Crippen molar-refractivity contribution in [3.05, 3.63) is 63.6 Å². The summed E-state index contributed by atoms with van der Waals surface area (Å²) in [6, 6.07) is 14.3. The SMILES string of the molecule is Cc1ccc(OCc2ccccc2)c(C)c1Br. The zero-order valence-corrected chi connectivity index (χ0v) is 11.6. The molecule has 0 amide bonds. The fraction of sp³-hybridized carbons (Fsp3) is 0.200. The summed E-state index contributed by atoms with van der Waals surface area (Å²) in [5.74, 6) is 0.936. The molecule has 17 heavy (non-hydrogen) atoms. The molecule has 0 aliphatic heterocycles. The summed E-state index contributed by atoms with van der Waals surface area (Å²) in [7, 11) is 0. The number of hydrogen-bond donors (Lipinski definition) is 0. The average molecular weight is 291 g/mol. The Morgan fingerprint density at radius 1 is 1.00 bits per heavy atom. The van der Waals surface area contributed by atoms with Crippen LogP contribution in [-0.2, 0) is 6.61 Å². The van der Waals surface area contributed by atoms with E-state index in [1.54, 1.807) is 0 Å². The van der Waals surface area contributed by atoms with Gasteiger partial charge in [-0.15, -0.1) is 0 Å². The lowest BCUT2D eigenvalue weighted by atomic mass is 10.1. The van der Waals surface area contributed by atoms with Crippen molar-refractivity contribution in [2.45, 2.75) is 20.5 Å². The van der Waals surface area contributed by atoms with Crippen LogP contribution in [0.25, 0.3) is 0 Å². The van der Waals surface area contributed by atoms with Crippen molar-refractivity contribution in [2.24, 2.45) is 0 Å². The Morgan fingerprint density at radius 3 is 2.41 bits per heavy atom. The van der Waals surface area contributed by atoms with Crippen LogP contribution in [0.5, 0.6) is 5.75 Å². The molecule has 88 valence electrons. The number of ether oxygens (including phenoxy) is 1. The molecule has 2 aromatic rings. The quantitative estimate of drug-likeness (QED) is 0.800. The van der Waals surface area contributed by atoms with Gasteiger partial charge < -0.3 is 4.74 Å². The van der Waals surface area contributed by atoms with E-state index < -0.39 is 0 Å². The molecule has 0 heterocycles. The molecule has 2 aromatic carbocycles. The van der Waals surface area contributed by atoms with Crippen molar-refractivity contribution in [2.75, 3.05) is 0 Å². The molecule has 1 nitrogen and oxygen atoms in total. The minimum Gasteiger partial charge on any atom is -0.489 e.